The smallest absolute Gasteiger partial charge is 0.410 e. The molecule has 2 aromatic heterocycles. The summed E-state index contributed by atoms with van der Waals surface area (Å²) in [5.74, 6) is -1.43. The molecule has 45 heavy (non-hydrogen) atoms. The Kier molecular flexibility index (Phi) is 12.5. The number of likely N-dealkylation sites (N-methyl/N-ethyl adjacent to an activating group) is 1. The number of esters is 1. The molecule has 2 aromatic rings. The van der Waals surface area contributed by atoms with Crippen LogP contribution in [0.25, 0.3) is 0 Å². The van der Waals surface area contributed by atoms with Gasteiger partial charge >= 0.3 is 12.1 Å². The molecular weight excluding hydrogens is 619 g/mol. The summed E-state index contributed by atoms with van der Waals surface area (Å²) < 4.78 is 10.5. The Morgan fingerprint density at radius 2 is 1.38 bits per heavy atom. The number of amides is 4. The summed E-state index contributed by atoms with van der Waals surface area (Å²) in [6, 6.07) is 0. The van der Waals surface area contributed by atoms with E-state index in [1.165, 1.54) is 34.7 Å². The summed E-state index contributed by atoms with van der Waals surface area (Å²) in [5.41, 5.74) is 1.79. The number of hydrogen-bond donors (Lipinski definition) is 3. The number of anilines is 2. The lowest BCUT2D eigenvalue weighted by Crippen LogP contribution is -2.56. The molecule has 248 valence electrons. The lowest BCUT2D eigenvalue weighted by atomic mass is 10.2. The highest BCUT2D eigenvalue weighted by Crippen LogP contribution is 2.30. The van der Waals surface area contributed by atoms with Gasteiger partial charge in [-0.25, -0.2) is 9.59 Å². The predicted molar refractivity (Wildman–Crippen MR) is 176 cm³/mol. The van der Waals surface area contributed by atoms with Gasteiger partial charge in [0, 0.05) is 20.1 Å². The highest BCUT2D eigenvalue weighted by molar-refractivity contribution is 7.13. The van der Waals surface area contributed by atoms with Crippen LogP contribution in [0.2, 0.25) is 0 Å². The molecular formula is C31H46N5O7S2+. The predicted octanol–water partition coefficient (Wildman–Crippen LogP) is 4.78. The van der Waals surface area contributed by atoms with Crippen LogP contribution in [0.15, 0.2) is 10.8 Å². The van der Waals surface area contributed by atoms with Gasteiger partial charge in [0.15, 0.2) is 13.1 Å². The van der Waals surface area contributed by atoms with Crippen LogP contribution in [-0.2, 0) is 19.1 Å². The Morgan fingerprint density at radius 1 is 0.867 bits per heavy atom. The van der Waals surface area contributed by atoms with E-state index in [9.17, 15) is 24.0 Å². The summed E-state index contributed by atoms with van der Waals surface area (Å²) in [4.78, 5) is 66.5. The van der Waals surface area contributed by atoms with Crippen LogP contribution >= 0.6 is 22.7 Å². The number of nitrogens with zero attached hydrogens (tertiary/aromatic N) is 2. The molecule has 4 amide bonds. The van der Waals surface area contributed by atoms with Crippen LogP contribution in [0.1, 0.15) is 76.9 Å². The monoisotopic (exact) mass is 664 g/mol. The minimum Gasteiger partial charge on any atom is -0.465 e. The van der Waals surface area contributed by atoms with Crippen molar-refractivity contribution in [3.8, 4) is 0 Å². The van der Waals surface area contributed by atoms with Crippen molar-refractivity contribution >= 4 is 63.8 Å². The third-order valence-corrected chi connectivity index (χ3v) is 9.64. The van der Waals surface area contributed by atoms with Crippen molar-refractivity contribution in [1.82, 2.24) is 10.2 Å². The zero-order chi connectivity index (χ0) is 33.4. The standard InChI is InChI=1S/C31H45N5O7S2/c1-20-18-44-26(28(39)32-12-13-35(6)30(41)43-31(3,4)5)24(20)33-22(37)16-36(14-10-8-9-11-15-36)17-23(38)34-25-21(2)19-45-27(25)29(40)42-7/h18-19H,8-17H2,1-7H3,(H2-,32,33,34,37,38,39,40)/p+1. The van der Waals surface area contributed by atoms with E-state index in [1.807, 2.05) is 19.2 Å². The van der Waals surface area contributed by atoms with Crippen LogP contribution in [-0.4, -0.2) is 98.2 Å². The third-order valence-electron chi connectivity index (χ3n) is 7.47. The summed E-state index contributed by atoms with van der Waals surface area (Å²) in [5, 5.41) is 12.3. The molecule has 0 unspecified atom stereocenters. The van der Waals surface area contributed by atoms with Crippen molar-refractivity contribution in [3.63, 3.8) is 0 Å². The van der Waals surface area contributed by atoms with Crippen LogP contribution in [0.4, 0.5) is 16.2 Å². The third kappa shape index (κ3) is 10.3. The van der Waals surface area contributed by atoms with Crippen LogP contribution in [0.5, 0.6) is 0 Å². The zero-order valence-electron chi connectivity index (χ0n) is 27.3. The molecule has 1 aliphatic heterocycles. The van der Waals surface area contributed by atoms with Crippen molar-refractivity contribution in [3.05, 3.63) is 31.6 Å². The number of quaternary nitrogens is 1. The summed E-state index contributed by atoms with van der Waals surface area (Å²) >= 11 is 2.44. The van der Waals surface area contributed by atoms with Crippen molar-refractivity contribution < 1.29 is 37.9 Å². The van der Waals surface area contributed by atoms with Gasteiger partial charge in [-0.15, -0.1) is 22.7 Å². The van der Waals surface area contributed by atoms with E-state index in [1.54, 1.807) is 33.2 Å². The van der Waals surface area contributed by atoms with E-state index in [4.69, 9.17) is 9.47 Å². The van der Waals surface area contributed by atoms with Gasteiger partial charge in [0.05, 0.1) is 31.6 Å². The van der Waals surface area contributed by atoms with Crippen LogP contribution < -0.4 is 16.0 Å². The topological polar surface area (TPSA) is 143 Å². The molecule has 3 rings (SSSR count). The molecule has 0 aliphatic carbocycles. The minimum absolute atomic E-state index is 0.0664. The number of carbonyl (C=O) groups is 5. The molecule has 0 aromatic carbocycles. The number of likely N-dealkylation sites (tertiary alicyclic amines) is 1. The first-order chi connectivity index (χ1) is 21.1. The van der Waals surface area contributed by atoms with Gasteiger partial charge in [0.25, 0.3) is 17.7 Å². The molecule has 0 spiro atoms. The first-order valence-corrected chi connectivity index (χ1v) is 16.8. The van der Waals surface area contributed by atoms with E-state index in [0.29, 0.717) is 34.2 Å². The maximum Gasteiger partial charge on any atom is 0.410 e. The average Bonchev–Trinajstić information content (AvgIpc) is 3.40. The second-order valence-corrected chi connectivity index (χ2v) is 14.3. The fourth-order valence-electron chi connectivity index (χ4n) is 5.16. The van der Waals surface area contributed by atoms with Gasteiger partial charge in [0.1, 0.15) is 15.4 Å². The molecule has 14 heteroatoms. The Hall–Kier alpha value is -3.49. The lowest BCUT2D eigenvalue weighted by Gasteiger charge is -2.36. The van der Waals surface area contributed by atoms with Crippen LogP contribution in [0, 0.1) is 13.8 Å². The fourth-order valence-corrected chi connectivity index (χ4v) is 7.00. The molecule has 1 aliphatic rings. The zero-order valence-corrected chi connectivity index (χ0v) is 28.9. The molecule has 3 N–H and O–H groups in total. The molecule has 0 saturated carbocycles. The quantitative estimate of drug-likeness (QED) is 0.232. The van der Waals surface area contributed by atoms with Crippen molar-refractivity contribution in [2.24, 2.45) is 0 Å². The van der Waals surface area contributed by atoms with Gasteiger partial charge in [-0.1, -0.05) is 0 Å². The number of thiophene rings is 2. The van der Waals surface area contributed by atoms with Gasteiger partial charge < -0.3 is 34.8 Å². The number of hydrogen-bond acceptors (Lipinski definition) is 9. The van der Waals surface area contributed by atoms with E-state index < -0.39 is 17.7 Å². The molecule has 1 saturated heterocycles. The SMILES string of the molecule is COC(=O)c1scc(C)c1NC(=O)C[N+]1(CC(=O)Nc2c(C)csc2C(=O)NCCN(C)C(=O)OC(C)(C)C)CCCCCC1. The lowest BCUT2D eigenvalue weighted by molar-refractivity contribution is -0.912. The van der Waals surface area contributed by atoms with Crippen LogP contribution in [0.3, 0.4) is 0 Å². The number of methoxy groups -OCH3 is 1. The summed E-state index contributed by atoms with van der Waals surface area (Å²) in [6.07, 6.45) is 3.33. The molecule has 1 fully saturated rings. The average molecular weight is 665 g/mol. The molecule has 12 nitrogen and oxygen atoms in total. The van der Waals surface area contributed by atoms with E-state index in [0.717, 1.165) is 36.8 Å². The maximum absolute atomic E-state index is 13.5. The van der Waals surface area contributed by atoms with Crippen molar-refractivity contribution in [1.29, 1.82) is 0 Å². The molecule has 0 atom stereocenters. The fraction of sp³-hybridized carbons (Fsp3) is 0.581. The first kappa shape index (κ1) is 36.0. The number of nitrogens with one attached hydrogen (secondary N) is 3. The van der Waals surface area contributed by atoms with Crippen molar-refractivity contribution in [2.75, 3.05) is 64.1 Å². The van der Waals surface area contributed by atoms with E-state index in [2.05, 4.69) is 16.0 Å². The van der Waals surface area contributed by atoms with E-state index in [-0.39, 0.29) is 48.4 Å². The molecule has 3 heterocycles. The Balaban J connectivity index is 1.67. The molecule has 0 bridgehead atoms. The number of rotatable bonds is 11. The highest BCUT2D eigenvalue weighted by atomic mass is 32.1. The molecule has 0 radical (unpaired) electrons. The second-order valence-electron chi connectivity index (χ2n) is 12.5. The Labute approximate surface area is 273 Å². The van der Waals surface area contributed by atoms with Crippen molar-refractivity contribution in [2.45, 2.75) is 65.9 Å². The highest BCUT2D eigenvalue weighted by Gasteiger charge is 2.35. The number of carbonyl (C=O) groups excluding carboxylic acids is 5. The van der Waals surface area contributed by atoms with Gasteiger partial charge in [-0.3, -0.25) is 14.4 Å². The normalized spacial score (nSPS) is 14.6. The van der Waals surface area contributed by atoms with Gasteiger partial charge in [0.2, 0.25) is 0 Å². The van der Waals surface area contributed by atoms with Gasteiger partial charge in [-0.05, 0) is 82.2 Å². The van der Waals surface area contributed by atoms with Gasteiger partial charge in [-0.2, -0.15) is 0 Å². The maximum atomic E-state index is 13.5. The first-order valence-electron chi connectivity index (χ1n) is 15.1. The Bertz CT molecular complexity index is 1390. The summed E-state index contributed by atoms with van der Waals surface area (Å²) in [7, 11) is 2.90. The number of ether oxygens (including phenoxy) is 2. The number of aryl methyl sites for hydroxylation is 2. The van der Waals surface area contributed by atoms with E-state index >= 15 is 0 Å². The Morgan fingerprint density at radius 3 is 1.89 bits per heavy atom. The second kappa shape index (κ2) is 15.7. The minimum atomic E-state index is -0.620. The largest absolute Gasteiger partial charge is 0.465 e. The summed E-state index contributed by atoms with van der Waals surface area (Å²) in [6.45, 7) is 10.9.